The molecule has 0 aliphatic heterocycles. The van der Waals surface area contributed by atoms with Gasteiger partial charge in [-0.05, 0) is 80.5 Å². The molecule has 4 aliphatic carbocycles. The van der Waals surface area contributed by atoms with Gasteiger partial charge in [0, 0.05) is 31.3 Å². The van der Waals surface area contributed by atoms with Crippen LogP contribution < -0.4 is 0 Å². The van der Waals surface area contributed by atoms with Crippen LogP contribution in [-0.2, 0) is 9.59 Å². The van der Waals surface area contributed by atoms with Crippen molar-refractivity contribution in [2.45, 2.75) is 73.1 Å². The third-order valence-electron chi connectivity index (χ3n) is 10.1. The zero-order chi connectivity index (χ0) is 21.8. The minimum absolute atomic E-state index is 0.00437. The number of allylic oxidation sites excluding steroid dienone is 2. The van der Waals surface area contributed by atoms with Crippen LogP contribution in [0.2, 0.25) is 0 Å². The number of rotatable bonds is 4. The van der Waals surface area contributed by atoms with Gasteiger partial charge in [0.05, 0.1) is 5.71 Å². The predicted molar refractivity (Wildman–Crippen MR) is 120 cm³/mol. The molecular formula is C26H40N2O2. The summed E-state index contributed by atoms with van der Waals surface area (Å²) in [6.07, 6.45) is 10.8. The summed E-state index contributed by atoms with van der Waals surface area (Å²) in [5.41, 5.74) is 0.607. The summed E-state index contributed by atoms with van der Waals surface area (Å²) in [5.74, 6) is 2.65. The molecule has 0 spiro atoms. The minimum atomic E-state index is 0.00437. The van der Waals surface area contributed by atoms with Gasteiger partial charge in [0.15, 0.2) is 5.78 Å². The molecule has 4 heteroatoms. The summed E-state index contributed by atoms with van der Waals surface area (Å²) in [4.78, 5) is 27.3. The lowest BCUT2D eigenvalue weighted by Gasteiger charge is -2.58. The van der Waals surface area contributed by atoms with Gasteiger partial charge >= 0.3 is 0 Å². The first-order valence-electron chi connectivity index (χ1n) is 12.3. The Kier molecular flexibility index (Phi) is 5.51. The molecule has 4 nitrogen and oxygen atoms in total. The fourth-order valence-corrected chi connectivity index (χ4v) is 8.24. The number of Topliss-reactive ketones (excluding diaryl/α,β-unsaturated/α-hetero) is 1. The molecule has 2 unspecified atom stereocenters. The van der Waals surface area contributed by atoms with E-state index in [0.717, 1.165) is 25.9 Å². The molecule has 1 amide bonds. The highest BCUT2D eigenvalue weighted by atomic mass is 16.2. The number of amides is 1. The molecule has 0 bridgehead atoms. The van der Waals surface area contributed by atoms with E-state index >= 15 is 0 Å². The van der Waals surface area contributed by atoms with Crippen molar-refractivity contribution in [2.75, 3.05) is 13.1 Å². The zero-order valence-corrected chi connectivity index (χ0v) is 19.5. The van der Waals surface area contributed by atoms with Crippen molar-refractivity contribution >= 4 is 17.4 Å². The number of carbonyl (C=O) groups is 2. The Balaban J connectivity index is 1.60. The smallest absolute Gasteiger partial charge is 0.225 e. The Morgan fingerprint density at radius 3 is 2.43 bits per heavy atom. The maximum absolute atomic E-state index is 13.2. The predicted octanol–water partition coefficient (Wildman–Crippen LogP) is 5.12. The summed E-state index contributed by atoms with van der Waals surface area (Å²) in [5, 5.41) is 8.41. The number of hydrogen-bond donors (Lipinski definition) is 1. The summed E-state index contributed by atoms with van der Waals surface area (Å²) in [6.45, 7) is 12.7. The molecular weight excluding hydrogens is 372 g/mol. The summed E-state index contributed by atoms with van der Waals surface area (Å²) < 4.78 is 0. The first-order valence-corrected chi connectivity index (χ1v) is 12.3. The second kappa shape index (κ2) is 7.60. The molecule has 3 saturated carbocycles. The molecule has 3 fully saturated rings. The number of ketones is 1. The topological polar surface area (TPSA) is 61.2 Å². The molecule has 0 aromatic carbocycles. The quantitative estimate of drug-likeness (QED) is 0.651. The molecule has 0 heterocycles. The molecule has 166 valence electrons. The van der Waals surface area contributed by atoms with E-state index in [1.807, 2.05) is 4.90 Å². The monoisotopic (exact) mass is 412 g/mol. The fourth-order valence-electron chi connectivity index (χ4n) is 8.24. The van der Waals surface area contributed by atoms with Gasteiger partial charge in [-0.2, -0.15) is 0 Å². The average molecular weight is 413 g/mol. The highest BCUT2D eigenvalue weighted by molar-refractivity contribution is 6.40. The Morgan fingerprint density at radius 2 is 1.77 bits per heavy atom. The van der Waals surface area contributed by atoms with Gasteiger partial charge in [0.2, 0.25) is 5.91 Å². The molecule has 0 radical (unpaired) electrons. The third-order valence-corrected chi connectivity index (χ3v) is 10.1. The van der Waals surface area contributed by atoms with Crippen molar-refractivity contribution in [1.29, 1.82) is 5.41 Å². The maximum Gasteiger partial charge on any atom is 0.225 e. The van der Waals surface area contributed by atoms with Crippen LogP contribution in [0.1, 0.15) is 73.1 Å². The summed E-state index contributed by atoms with van der Waals surface area (Å²) in [6, 6.07) is 0. The van der Waals surface area contributed by atoms with Gasteiger partial charge in [-0.1, -0.05) is 32.9 Å². The van der Waals surface area contributed by atoms with E-state index in [1.165, 1.54) is 19.3 Å². The van der Waals surface area contributed by atoms with Crippen molar-refractivity contribution in [2.24, 2.45) is 46.3 Å². The SMILES string of the molecule is CCN(CC)C(=O)C(C)[C@H]1CC[C@H]2[C@@H]3C=CC4C(=N)C(=O)CC[C@]4(C)[C@H]3CC[C@]12C. The minimum Gasteiger partial charge on any atom is -0.343 e. The zero-order valence-electron chi connectivity index (χ0n) is 19.5. The van der Waals surface area contributed by atoms with Crippen LogP contribution in [0, 0.1) is 51.7 Å². The van der Waals surface area contributed by atoms with Crippen LogP contribution >= 0.6 is 0 Å². The first kappa shape index (κ1) is 21.8. The van der Waals surface area contributed by atoms with Gasteiger partial charge in [-0.3, -0.25) is 9.59 Å². The molecule has 0 saturated heterocycles. The van der Waals surface area contributed by atoms with Gasteiger partial charge < -0.3 is 10.3 Å². The number of nitrogens with one attached hydrogen (secondary N) is 1. The number of nitrogens with zero attached hydrogens (tertiary/aromatic N) is 1. The average Bonchev–Trinajstić information content (AvgIpc) is 3.08. The van der Waals surface area contributed by atoms with Crippen molar-refractivity contribution < 1.29 is 9.59 Å². The maximum atomic E-state index is 13.2. The largest absolute Gasteiger partial charge is 0.343 e. The second-order valence-corrected chi connectivity index (χ2v) is 11.0. The standard InChI is InChI=1S/C26H40N2O2/c1-6-28(7-2)24(30)16(3)18-10-11-19-17-8-9-21-23(27)22(29)13-15-26(21,5)20(17)12-14-25(18,19)4/h8-9,16-21,27H,6-7,10-15H2,1-5H3/t16?,17-,18+,19-,20-,21?,25+,26+/m0/s1. The van der Waals surface area contributed by atoms with Gasteiger partial charge in [0.25, 0.3) is 0 Å². The molecule has 1 N–H and O–H groups in total. The van der Waals surface area contributed by atoms with Gasteiger partial charge in [-0.15, -0.1) is 0 Å². The summed E-state index contributed by atoms with van der Waals surface area (Å²) in [7, 11) is 0. The van der Waals surface area contributed by atoms with E-state index in [-0.39, 0.29) is 28.4 Å². The van der Waals surface area contributed by atoms with E-state index in [2.05, 4.69) is 46.8 Å². The lowest BCUT2D eigenvalue weighted by Crippen LogP contribution is -2.54. The van der Waals surface area contributed by atoms with Crippen LogP contribution in [-0.4, -0.2) is 35.4 Å². The first-order chi connectivity index (χ1) is 14.2. The molecule has 8 atom stereocenters. The fraction of sp³-hybridized carbons (Fsp3) is 0.808. The highest BCUT2D eigenvalue weighted by Crippen LogP contribution is 2.66. The van der Waals surface area contributed by atoms with Crippen LogP contribution in [0.5, 0.6) is 0 Å². The van der Waals surface area contributed by atoms with E-state index < -0.39 is 0 Å². The third kappa shape index (κ3) is 2.96. The van der Waals surface area contributed by atoms with Gasteiger partial charge in [0.1, 0.15) is 0 Å². The molecule has 0 aromatic heterocycles. The number of hydrogen-bond acceptors (Lipinski definition) is 3. The van der Waals surface area contributed by atoms with Crippen LogP contribution in [0.25, 0.3) is 0 Å². The van der Waals surface area contributed by atoms with Crippen LogP contribution in [0.15, 0.2) is 12.2 Å². The molecule has 4 aliphatic rings. The van der Waals surface area contributed by atoms with Crippen LogP contribution in [0.4, 0.5) is 0 Å². The molecule has 0 aromatic rings. The van der Waals surface area contributed by atoms with E-state index in [9.17, 15) is 9.59 Å². The second-order valence-electron chi connectivity index (χ2n) is 11.0. The van der Waals surface area contributed by atoms with Crippen molar-refractivity contribution in [3.8, 4) is 0 Å². The van der Waals surface area contributed by atoms with Crippen molar-refractivity contribution in [1.82, 2.24) is 4.90 Å². The lowest BCUT2D eigenvalue weighted by molar-refractivity contribution is -0.139. The van der Waals surface area contributed by atoms with Crippen LogP contribution in [0.3, 0.4) is 0 Å². The summed E-state index contributed by atoms with van der Waals surface area (Å²) >= 11 is 0. The Labute approximate surface area is 182 Å². The number of carbonyl (C=O) groups excluding carboxylic acids is 2. The molecule has 4 rings (SSSR count). The van der Waals surface area contributed by atoms with Gasteiger partial charge in [-0.25, -0.2) is 0 Å². The van der Waals surface area contributed by atoms with Crippen molar-refractivity contribution in [3.63, 3.8) is 0 Å². The van der Waals surface area contributed by atoms with E-state index in [4.69, 9.17) is 5.41 Å². The molecule has 30 heavy (non-hydrogen) atoms. The Hall–Kier alpha value is -1.45. The number of fused-ring (bicyclic) bond motifs is 5. The Morgan fingerprint density at radius 1 is 1.10 bits per heavy atom. The van der Waals surface area contributed by atoms with E-state index in [1.54, 1.807) is 0 Å². The van der Waals surface area contributed by atoms with Crippen molar-refractivity contribution in [3.05, 3.63) is 12.2 Å². The van der Waals surface area contributed by atoms with E-state index in [0.29, 0.717) is 41.7 Å². The normalized spacial score (nSPS) is 43.6. The highest BCUT2D eigenvalue weighted by Gasteiger charge is 2.60. The lowest BCUT2D eigenvalue weighted by atomic mass is 9.46. The Bertz CT molecular complexity index is 769.